The minimum Gasteiger partial charge on any atom is -0.507 e. The Hall–Kier alpha value is -3.13. The molecule has 0 saturated carbocycles. The van der Waals surface area contributed by atoms with Gasteiger partial charge in [0.1, 0.15) is 17.1 Å². The lowest BCUT2D eigenvalue weighted by Crippen LogP contribution is -2.34. The zero-order valence-electron chi connectivity index (χ0n) is 14.0. The number of thiocarbonyl (C=S) groups is 1. The lowest BCUT2D eigenvalue weighted by molar-refractivity contribution is 0.0693. The third-order valence-corrected chi connectivity index (χ3v) is 3.49. The zero-order valence-corrected chi connectivity index (χ0v) is 14.8. The fourth-order valence-corrected chi connectivity index (χ4v) is 2.29. The molecule has 0 aromatic heterocycles. The molecule has 0 unspecified atom stereocenters. The molecule has 2 aromatic rings. The molecule has 0 heterocycles. The first-order chi connectivity index (χ1) is 12.4. The summed E-state index contributed by atoms with van der Waals surface area (Å²) in [5.74, 6) is -1.48. The molecule has 0 aliphatic heterocycles. The highest BCUT2D eigenvalue weighted by atomic mass is 32.1. The van der Waals surface area contributed by atoms with E-state index < -0.39 is 17.6 Å². The van der Waals surface area contributed by atoms with Crippen LogP contribution in [0.25, 0.3) is 0 Å². The van der Waals surface area contributed by atoms with Gasteiger partial charge in [-0.05, 0) is 49.0 Å². The van der Waals surface area contributed by atoms with E-state index >= 15 is 0 Å². The Morgan fingerprint density at radius 1 is 1.19 bits per heavy atom. The Kier molecular flexibility index (Phi) is 6.51. The number of aromatic carboxylic acids is 1. The minimum absolute atomic E-state index is 0.0114. The maximum Gasteiger partial charge on any atom is 0.339 e. The molecule has 0 bridgehead atoms. The SMILES string of the molecule is CCCOc1cccc(C(=O)NC(=S)Nc2ccc(C(=O)O)c(O)c2)c1. The standard InChI is InChI=1S/C18H18N2O5S/c1-2-8-25-13-5-3-4-11(9-13)16(22)20-18(26)19-12-6-7-14(17(23)24)15(21)10-12/h3-7,9-10,21H,2,8H2,1H3,(H,23,24)(H2,19,20,22,26). The number of aromatic hydroxyl groups is 1. The molecular formula is C18H18N2O5S. The molecule has 0 radical (unpaired) electrons. The first kappa shape index (κ1) is 19.2. The molecule has 0 aliphatic rings. The van der Waals surface area contributed by atoms with Crippen LogP contribution in [-0.4, -0.2) is 33.8 Å². The molecule has 1 amide bonds. The summed E-state index contributed by atoms with van der Waals surface area (Å²) in [7, 11) is 0. The molecule has 7 nitrogen and oxygen atoms in total. The summed E-state index contributed by atoms with van der Waals surface area (Å²) in [5.41, 5.74) is 0.499. The third kappa shape index (κ3) is 5.18. The molecule has 2 aromatic carbocycles. The first-order valence-electron chi connectivity index (χ1n) is 7.82. The highest BCUT2D eigenvalue weighted by Crippen LogP contribution is 2.22. The van der Waals surface area contributed by atoms with Crippen molar-refractivity contribution in [3.63, 3.8) is 0 Å². The van der Waals surface area contributed by atoms with Gasteiger partial charge in [-0.3, -0.25) is 10.1 Å². The Labute approximate surface area is 155 Å². The van der Waals surface area contributed by atoms with Crippen LogP contribution in [0.5, 0.6) is 11.5 Å². The summed E-state index contributed by atoms with van der Waals surface area (Å²) in [6.45, 7) is 2.54. The number of carboxylic acids is 1. The summed E-state index contributed by atoms with van der Waals surface area (Å²) in [4.78, 5) is 23.1. The second kappa shape index (κ2) is 8.82. The van der Waals surface area contributed by atoms with E-state index in [0.29, 0.717) is 23.6 Å². The fraction of sp³-hybridized carbons (Fsp3) is 0.167. The molecule has 0 aliphatic carbocycles. The van der Waals surface area contributed by atoms with Gasteiger partial charge in [0.15, 0.2) is 5.11 Å². The third-order valence-electron chi connectivity index (χ3n) is 3.28. The highest BCUT2D eigenvalue weighted by molar-refractivity contribution is 7.80. The lowest BCUT2D eigenvalue weighted by Gasteiger charge is -2.11. The van der Waals surface area contributed by atoms with Gasteiger partial charge < -0.3 is 20.3 Å². The average Bonchev–Trinajstić information content (AvgIpc) is 2.59. The zero-order chi connectivity index (χ0) is 19.1. The van der Waals surface area contributed by atoms with Gasteiger partial charge in [-0.1, -0.05) is 13.0 Å². The van der Waals surface area contributed by atoms with Gasteiger partial charge in [0.05, 0.1) is 6.61 Å². The van der Waals surface area contributed by atoms with Crippen molar-refractivity contribution < 1.29 is 24.5 Å². The van der Waals surface area contributed by atoms with Crippen molar-refractivity contribution in [3.8, 4) is 11.5 Å². The number of rotatable bonds is 6. The second-order valence-corrected chi connectivity index (χ2v) is 5.73. The maximum absolute atomic E-state index is 12.3. The van der Waals surface area contributed by atoms with Gasteiger partial charge in [0.25, 0.3) is 5.91 Å². The number of ether oxygens (including phenoxy) is 1. The molecule has 0 saturated heterocycles. The van der Waals surface area contributed by atoms with Gasteiger partial charge in [-0.25, -0.2) is 4.79 Å². The summed E-state index contributed by atoms with van der Waals surface area (Å²) < 4.78 is 5.49. The molecule has 0 spiro atoms. The van der Waals surface area contributed by atoms with E-state index in [1.165, 1.54) is 18.2 Å². The number of carboxylic acid groups (broad SMARTS) is 1. The Morgan fingerprint density at radius 3 is 2.62 bits per heavy atom. The Bertz CT molecular complexity index is 838. The molecule has 136 valence electrons. The van der Waals surface area contributed by atoms with Crippen LogP contribution in [0.15, 0.2) is 42.5 Å². The summed E-state index contributed by atoms with van der Waals surface area (Å²) in [5, 5.41) is 23.8. The van der Waals surface area contributed by atoms with Crippen LogP contribution in [0.4, 0.5) is 5.69 Å². The van der Waals surface area contributed by atoms with E-state index in [-0.39, 0.29) is 10.7 Å². The molecule has 0 fully saturated rings. The van der Waals surface area contributed by atoms with Crippen LogP contribution in [0.3, 0.4) is 0 Å². The van der Waals surface area contributed by atoms with E-state index in [9.17, 15) is 14.7 Å². The fourth-order valence-electron chi connectivity index (χ4n) is 2.07. The number of anilines is 1. The van der Waals surface area contributed by atoms with Crippen molar-refractivity contribution in [2.24, 2.45) is 0 Å². The number of benzene rings is 2. The Morgan fingerprint density at radius 2 is 1.96 bits per heavy atom. The first-order valence-corrected chi connectivity index (χ1v) is 8.23. The predicted molar refractivity (Wildman–Crippen MR) is 101 cm³/mol. The number of hydrogen-bond acceptors (Lipinski definition) is 5. The second-order valence-electron chi connectivity index (χ2n) is 5.32. The number of hydrogen-bond donors (Lipinski definition) is 4. The topological polar surface area (TPSA) is 108 Å². The number of amides is 1. The van der Waals surface area contributed by atoms with Crippen LogP contribution in [-0.2, 0) is 0 Å². The van der Waals surface area contributed by atoms with Gasteiger partial charge in [-0.15, -0.1) is 0 Å². The molecule has 8 heteroatoms. The van der Waals surface area contributed by atoms with E-state index in [1.54, 1.807) is 24.3 Å². The smallest absolute Gasteiger partial charge is 0.339 e. The average molecular weight is 374 g/mol. The van der Waals surface area contributed by atoms with Crippen molar-refractivity contribution in [2.45, 2.75) is 13.3 Å². The summed E-state index contributed by atoms with van der Waals surface area (Å²) in [6, 6.07) is 10.6. The van der Waals surface area contributed by atoms with Crippen molar-refractivity contribution in [3.05, 3.63) is 53.6 Å². The number of carbonyl (C=O) groups is 2. The largest absolute Gasteiger partial charge is 0.507 e. The van der Waals surface area contributed by atoms with Gasteiger partial charge in [0.2, 0.25) is 0 Å². The minimum atomic E-state index is -1.24. The normalized spacial score (nSPS) is 10.0. The van der Waals surface area contributed by atoms with E-state index in [0.717, 1.165) is 6.42 Å². The van der Waals surface area contributed by atoms with Crippen LogP contribution in [0.2, 0.25) is 0 Å². The highest BCUT2D eigenvalue weighted by Gasteiger charge is 2.12. The summed E-state index contributed by atoms with van der Waals surface area (Å²) >= 11 is 5.07. The molecule has 2 rings (SSSR count). The summed E-state index contributed by atoms with van der Waals surface area (Å²) in [6.07, 6.45) is 0.859. The van der Waals surface area contributed by atoms with Gasteiger partial charge in [-0.2, -0.15) is 0 Å². The van der Waals surface area contributed by atoms with Crippen molar-refractivity contribution in [1.82, 2.24) is 5.32 Å². The Balaban J connectivity index is 2.00. The lowest BCUT2D eigenvalue weighted by atomic mass is 10.2. The van der Waals surface area contributed by atoms with Gasteiger partial charge in [0, 0.05) is 17.3 Å². The quantitative estimate of drug-likeness (QED) is 0.576. The van der Waals surface area contributed by atoms with Crippen molar-refractivity contribution in [1.29, 1.82) is 0 Å². The van der Waals surface area contributed by atoms with E-state index in [1.807, 2.05) is 6.92 Å². The van der Waals surface area contributed by atoms with Crippen LogP contribution < -0.4 is 15.4 Å². The van der Waals surface area contributed by atoms with E-state index in [4.69, 9.17) is 22.1 Å². The molecule has 0 atom stereocenters. The van der Waals surface area contributed by atoms with Crippen LogP contribution >= 0.6 is 12.2 Å². The monoisotopic (exact) mass is 374 g/mol. The van der Waals surface area contributed by atoms with Crippen LogP contribution in [0.1, 0.15) is 34.1 Å². The van der Waals surface area contributed by atoms with E-state index in [2.05, 4.69) is 10.6 Å². The number of carbonyl (C=O) groups excluding carboxylic acids is 1. The molecular weight excluding hydrogens is 356 g/mol. The number of nitrogens with one attached hydrogen (secondary N) is 2. The van der Waals surface area contributed by atoms with Crippen LogP contribution in [0, 0.1) is 0 Å². The van der Waals surface area contributed by atoms with Gasteiger partial charge >= 0.3 is 5.97 Å². The van der Waals surface area contributed by atoms with Crippen molar-refractivity contribution >= 4 is 34.9 Å². The maximum atomic E-state index is 12.3. The predicted octanol–water partition coefficient (Wildman–Crippen LogP) is 3.01. The molecule has 26 heavy (non-hydrogen) atoms. The number of phenols is 1. The molecule has 4 N–H and O–H groups in total. The van der Waals surface area contributed by atoms with Crippen molar-refractivity contribution in [2.75, 3.05) is 11.9 Å².